The molecule has 1 atom stereocenters. The number of nitrogens with two attached hydrogens (primary N) is 1. The van der Waals surface area contributed by atoms with Crippen molar-refractivity contribution in [2.24, 2.45) is 10.7 Å². The van der Waals surface area contributed by atoms with Crippen LogP contribution in [0.15, 0.2) is 39.9 Å². The predicted molar refractivity (Wildman–Crippen MR) is 130 cm³/mol. The van der Waals surface area contributed by atoms with Crippen LogP contribution in [-0.4, -0.2) is 45.9 Å². The topological polar surface area (TPSA) is 134 Å². The highest BCUT2D eigenvalue weighted by molar-refractivity contribution is 6.02. The zero-order chi connectivity index (χ0) is 25.2. The Balaban J connectivity index is 0.000000820. The first-order valence-electron chi connectivity index (χ1n) is 11.2. The van der Waals surface area contributed by atoms with E-state index in [-0.39, 0.29) is 36.0 Å². The average molecular weight is 460 g/mol. The molecule has 0 bridgehead atoms. The summed E-state index contributed by atoms with van der Waals surface area (Å²) < 4.78 is 5.08. The molecule has 9 heteroatoms. The summed E-state index contributed by atoms with van der Waals surface area (Å²) >= 11 is 0. The second-order valence-electron chi connectivity index (χ2n) is 7.76. The number of aliphatic hydroxyl groups excluding tert-OH is 1. The lowest BCUT2D eigenvalue weighted by molar-refractivity contribution is -0.128. The Bertz CT molecular complexity index is 951. The van der Waals surface area contributed by atoms with E-state index in [4.69, 9.17) is 15.3 Å². The smallest absolute Gasteiger partial charge is 0.277 e. The third-order valence-electron chi connectivity index (χ3n) is 4.66. The number of aliphatic imine (C=N–C) groups is 1. The molecule has 4 N–H and O–H groups in total. The molecule has 9 nitrogen and oxygen atoms in total. The molecule has 2 heterocycles. The molecule has 0 spiro atoms. The number of rotatable bonds is 5. The van der Waals surface area contributed by atoms with Crippen molar-refractivity contribution in [2.45, 2.75) is 72.4 Å². The number of nitrogens with zero attached hydrogens (tertiary/aromatic N) is 3. The van der Waals surface area contributed by atoms with E-state index in [1.54, 1.807) is 33.9 Å². The highest BCUT2D eigenvalue weighted by Crippen LogP contribution is 2.38. The predicted octanol–water partition coefficient (Wildman–Crippen LogP) is 3.82. The standard InChI is InChI=1S/C19H23N5O3.C3H8O.C2H6/c1-4-8-19(10-16(25)24(3)18(20)23-19)13-6-5-7-14(9-13)22-17(26)15-11-27-12(2)21-15;1-3(2)4;1-2/h5-7,9,11H,4,8,10H2,1-3H3,(H2,20,23)(H,22,26);3-4H,1-2H3;1-2H3/t19-;;/m0../s1. The highest BCUT2D eigenvalue weighted by atomic mass is 16.3. The van der Waals surface area contributed by atoms with Crippen molar-refractivity contribution in [1.82, 2.24) is 9.88 Å². The number of hydrogen-bond acceptors (Lipinski definition) is 7. The Labute approximate surface area is 196 Å². The first-order valence-corrected chi connectivity index (χ1v) is 11.2. The van der Waals surface area contributed by atoms with E-state index in [2.05, 4.69) is 15.3 Å². The summed E-state index contributed by atoms with van der Waals surface area (Å²) in [5, 5.41) is 10.9. The van der Waals surface area contributed by atoms with Crippen LogP contribution in [0.1, 0.15) is 75.8 Å². The summed E-state index contributed by atoms with van der Waals surface area (Å²) in [7, 11) is 1.62. The first-order chi connectivity index (χ1) is 15.6. The van der Waals surface area contributed by atoms with Gasteiger partial charge in [-0.3, -0.25) is 14.5 Å². The zero-order valence-electron chi connectivity index (χ0n) is 20.7. The van der Waals surface area contributed by atoms with Gasteiger partial charge < -0.3 is 20.6 Å². The molecule has 1 aliphatic rings. The van der Waals surface area contributed by atoms with Gasteiger partial charge in [-0.2, -0.15) is 0 Å². The van der Waals surface area contributed by atoms with Crippen LogP contribution in [0.2, 0.25) is 0 Å². The van der Waals surface area contributed by atoms with Gasteiger partial charge in [0, 0.05) is 25.8 Å². The van der Waals surface area contributed by atoms with Gasteiger partial charge in [0.2, 0.25) is 5.91 Å². The second-order valence-corrected chi connectivity index (χ2v) is 7.76. The Kier molecular flexibility index (Phi) is 10.7. The first kappa shape index (κ1) is 27.8. The summed E-state index contributed by atoms with van der Waals surface area (Å²) in [6.07, 6.45) is 2.89. The molecule has 3 rings (SSSR count). The number of carbonyl (C=O) groups excluding carboxylic acids is 2. The molecule has 182 valence electrons. The molecule has 0 aliphatic carbocycles. The Morgan fingerprint density at radius 1 is 1.36 bits per heavy atom. The molecule has 0 unspecified atom stereocenters. The van der Waals surface area contributed by atoms with Gasteiger partial charge in [-0.15, -0.1) is 0 Å². The number of nitrogens with one attached hydrogen (secondary N) is 1. The lowest BCUT2D eigenvalue weighted by Gasteiger charge is -2.36. The fourth-order valence-corrected chi connectivity index (χ4v) is 3.25. The van der Waals surface area contributed by atoms with Crippen molar-refractivity contribution < 1.29 is 19.1 Å². The minimum Gasteiger partial charge on any atom is -0.448 e. The van der Waals surface area contributed by atoms with Crippen molar-refractivity contribution in [3.63, 3.8) is 0 Å². The van der Waals surface area contributed by atoms with Gasteiger partial charge >= 0.3 is 0 Å². The fourth-order valence-electron chi connectivity index (χ4n) is 3.25. The second kappa shape index (κ2) is 12.7. The van der Waals surface area contributed by atoms with Gasteiger partial charge in [-0.1, -0.05) is 39.3 Å². The van der Waals surface area contributed by atoms with E-state index in [1.165, 1.54) is 11.2 Å². The maximum atomic E-state index is 12.4. The van der Waals surface area contributed by atoms with Crippen molar-refractivity contribution in [1.29, 1.82) is 0 Å². The summed E-state index contributed by atoms with van der Waals surface area (Å²) in [6, 6.07) is 7.33. The minimum absolute atomic E-state index is 0.0801. The molecule has 1 aromatic carbocycles. The minimum atomic E-state index is -0.729. The number of amides is 2. The van der Waals surface area contributed by atoms with Crippen LogP contribution in [0, 0.1) is 6.92 Å². The Hall–Kier alpha value is -3.20. The van der Waals surface area contributed by atoms with Crippen LogP contribution in [0.3, 0.4) is 0 Å². The molecule has 1 aliphatic heterocycles. The van der Waals surface area contributed by atoms with E-state index in [0.717, 1.165) is 12.0 Å². The molecule has 0 saturated heterocycles. The van der Waals surface area contributed by atoms with E-state index in [1.807, 2.05) is 39.0 Å². The summed E-state index contributed by atoms with van der Waals surface area (Å²) in [5.41, 5.74) is 6.88. The molecule has 0 fully saturated rings. The number of oxazole rings is 1. The largest absolute Gasteiger partial charge is 0.448 e. The van der Waals surface area contributed by atoms with Crippen molar-refractivity contribution in [3.05, 3.63) is 47.7 Å². The summed E-state index contributed by atoms with van der Waals surface area (Å²) in [5.74, 6) is 0.178. The van der Waals surface area contributed by atoms with E-state index in [0.29, 0.717) is 18.0 Å². The Morgan fingerprint density at radius 3 is 2.52 bits per heavy atom. The maximum absolute atomic E-state index is 12.4. The maximum Gasteiger partial charge on any atom is 0.277 e. The van der Waals surface area contributed by atoms with Crippen molar-refractivity contribution in [3.8, 4) is 0 Å². The van der Waals surface area contributed by atoms with Crippen LogP contribution in [-0.2, 0) is 10.3 Å². The number of aryl methyl sites for hydroxylation is 1. The Morgan fingerprint density at radius 2 is 2.00 bits per heavy atom. The molecule has 0 radical (unpaired) electrons. The third kappa shape index (κ3) is 7.71. The summed E-state index contributed by atoms with van der Waals surface area (Å²) in [6.45, 7) is 11.2. The van der Waals surface area contributed by atoms with Crippen LogP contribution >= 0.6 is 0 Å². The zero-order valence-corrected chi connectivity index (χ0v) is 20.7. The highest BCUT2D eigenvalue weighted by Gasteiger charge is 2.39. The number of benzene rings is 1. The quantitative estimate of drug-likeness (QED) is 0.622. The average Bonchev–Trinajstić information content (AvgIpc) is 3.20. The SMILES string of the molecule is CC.CC(C)O.CCC[C@@]1(c2cccc(NC(=O)c3coc(C)n3)c2)CC(=O)N(C)C(N)=N1. The van der Waals surface area contributed by atoms with Crippen LogP contribution < -0.4 is 11.1 Å². The molecule has 33 heavy (non-hydrogen) atoms. The van der Waals surface area contributed by atoms with Gasteiger partial charge in [0.15, 0.2) is 17.5 Å². The third-order valence-corrected chi connectivity index (χ3v) is 4.66. The summed E-state index contributed by atoms with van der Waals surface area (Å²) in [4.78, 5) is 34.8. The molecule has 0 saturated carbocycles. The monoisotopic (exact) mass is 459 g/mol. The van der Waals surface area contributed by atoms with E-state index in [9.17, 15) is 9.59 Å². The lowest BCUT2D eigenvalue weighted by atomic mass is 9.81. The van der Waals surface area contributed by atoms with Gasteiger partial charge in [0.1, 0.15) is 6.26 Å². The van der Waals surface area contributed by atoms with Crippen LogP contribution in [0.25, 0.3) is 0 Å². The lowest BCUT2D eigenvalue weighted by Crippen LogP contribution is -2.48. The molecule has 2 amide bonds. The molecular weight excluding hydrogens is 422 g/mol. The number of anilines is 1. The van der Waals surface area contributed by atoms with Gasteiger partial charge in [-0.25, -0.2) is 9.98 Å². The van der Waals surface area contributed by atoms with Gasteiger partial charge in [0.05, 0.1) is 12.0 Å². The van der Waals surface area contributed by atoms with E-state index >= 15 is 0 Å². The van der Waals surface area contributed by atoms with Crippen LogP contribution in [0.5, 0.6) is 0 Å². The van der Waals surface area contributed by atoms with Gasteiger partial charge in [-0.05, 0) is 38.0 Å². The number of aliphatic hydroxyl groups is 1. The number of carbonyl (C=O) groups is 2. The van der Waals surface area contributed by atoms with Crippen molar-refractivity contribution >= 4 is 23.5 Å². The molecule has 1 aromatic heterocycles. The fraction of sp³-hybridized carbons (Fsp3) is 0.500. The van der Waals surface area contributed by atoms with Crippen LogP contribution in [0.4, 0.5) is 5.69 Å². The molecular formula is C24H37N5O4. The van der Waals surface area contributed by atoms with E-state index < -0.39 is 5.54 Å². The number of hydrogen-bond donors (Lipinski definition) is 3. The van der Waals surface area contributed by atoms with Crippen molar-refractivity contribution in [2.75, 3.05) is 12.4 Å². The molecule has 2 aromatic rings. The van der Waals surface area contributed by atoms with Gasteiger partial charge in [0.25, 0.3) is 5.91 Å². The number of aromatic nitrogens is 1. The number of guanidine groups is 1. The normalized spacial score (nSPS) is 17.4.